The largest absolute Gasteiger partial charge is 0.479 e. The molecule has 4 N–H and O–H groups in total. The summed E-state index contributed by atoms with van der Waals surface area (Å²) < 4.78 is 21.7. The molecular weight excluding hydrogens is 741 g/mol. The SMILES string of the molecule is CCC/C=C\C/C=C\CCCCCCCC(=O)OC(COC(=O)CCCCCCCC/C=C\C/C=C\C/C=C\CCCCC)COC1OC(C(=O)O)C(O)C(O)C1O. The molecule has 1 heterocycles. The average Bonchev–Trinajstić information content (AvgIpc) is 3.21. The first-order valence-electron chi connectivity index (χ1n) is 22.3. The molecule has 1 rings (SSSR count). The van der Waals surface area contributed by atoms with E-state index in [0.29, 0.717) is 12.8 Å². The number of rotatable bonds is 36. The molecule has 1 fully saturated rings. The van der Waals surface area contributed by atoms with Gasteiger partial charge in [0.25, 0.3) is 0 Å². The van der Waals surface area contributed by atoms with Crippen LogP contribution in [0.15, 0.2) is 60.8 Å². The van der Waals surface area contributed by atoms with E-state index < -0.39 is 61.3 Å². The number of allylic oxidation sites excluding steroid dienone is 10. The van der Waals surface area contributed by atoms with Crippen LogP contribution in [-0.2, 0) is 33.3 Å². The maximum Gasteiger partial charge on any atom is 0.335 e. The first kappa shape index (κ1) is 52.9. The van der Waals surface area contributed by atoms with Crippen LogP contribution < -0.4 is 0 Å². The Labute approximate surface area is 349 Å². The molecule has 11 heteroatoms. The Morgan fingerprint density at radius 2 is 1.00 bits per heavy atom. The monoisotopic (exact) mass is 819 g/mol. The molecule has 332 valence electrons. The first-order chi connectivity index (χ1) is 28.2. The number of unbranched alkanes of at least 4 members (excludes halogenated alkanes) is 15. The van der Waals surface area contributed by atoms with Gasteiger partial charge in [0.05, 0.1) is 6.61 Å². The third-order valence-electron chi connectivity index (χ3n) is 9.82. The molecule has 0 aliphatic carbocycles. The van der Waals surface area contributed by atoms with Crippen molar-refractivity contribution < 1.29 is 53.8 Å². The average molecular weight is 819 g/mol. The van der Waals surface area contributed by atoms with Crippen LogP contribution in [0.5, 0.6) is 0 Å². The van der Waals surface area contributed by atoms with Crippen LogP contribution in [-0.4, -0.2) is 88.4 Å². The Balaban J connectivity index is 2.38. The number of aliphatic carboxylic acids is 1. The molecule has 0 aromatic rings. The zero-order chi connectivity index (χ0) is 42.5. The van der Waals surface area contributed by atoms with Gasteiger partial charge in [0.1, 0.15) is 24.9 Å². The Morgan fingerprint density at radius 3 is 1.52 bits per heavy atom. The fraction of sp³-hybridized carbons (Fsp3) is 0.723. The Hall–Kier alpha value is -3.09. The van der Waals surface area contributed by atoms with Gasteiger partial charge in [-0.1, -0.05) is 139 Å². The number of aliphatic hydroxyl groups is 3. The predicted octanol–water partition coefficient (Wildman–Crippen LogP) is 9.53. The van der Waals surface area contributed by atoms with Gasteiger partial charge in [-0.3, -0.25) is 9.59 Å². The molecule has 0 aromatic heterocycles. The molecule has 6 unspecified atom stereocenters. The van der Waals surface area contributed by atoms with Gasteiger partial charge < -0.3 is 39.4 Å². The number of carbonyl (C=O) groups excluding carboxylic acids is 2. The molecule has 0 bridgehead atoms. The van der Waals surface area contributed by atoms with Crippen LogP contribution in [0.3, 0.4) is 0 Å². The molecule has 0 spiro atoms. The summed E-state index contributed by atoms with van der Waals surface area (Å²) in [4.78, 5) is 36.8. The zero-order valence-electron chi connectivity index (χ0n) is 35.8. The third-order valence-corrected chi connectivity index (χ3v) is 9.82. The highest BCUT2D eigenvalue weighted by Crippen LogP contribution is 2.23. The summed E-state index contributed by atoms with van der Waals surface area (Å²) in [6.07, 6.45) is 35.5. The number of hydrogen-bond acceptors (Lipinski definition) is 10. The van der Waals surface area contributed by atoms with Crippen LogP contribution in [0.1, 0.15) is 168 Å². The number of carboxylic acid groups (broad SMARTS) is 1. The molecule has 1 aliphatic heterocycles. The van der Waals surface area contributed by atoms with Crippen molar-refractivity contribution in [2.45, 2.75) is 205 Å². The van der Waals surface area contributed by atoms with Gasteiger partial charge in [0.15, 0.2) is 18.5 Å². The second-order valence-corrected chi connectivity index (χ2v) is 15.2. The van der Waals surface area contributed by atoms with Gasteiger partial charge in [0, 0.05) is 12.8 Å². The lowest BCUT2D eigenvalue weighted by atomic mass is 9.99. The summed E-state index contributed by atoms with van der Waals surface area (Å²) in [7, 11) is 0. The smallest absolute Gasteiger partial charge is 0.335 e. The van der Waals surface area contributed by atoms with Crippen LogP contribution in [0.25, 0.3) is 0 Å². The summed E-state index contributed by atoms with van der Waals surface area (Å²) in [5, 5.41) is 39.8. The van der Waals surface area contributed by atoms with Crippen molar-refractivity contribution in [2.75, 3.05) is 13.2 Å². The summed E-state index contributed by atoms with van der Waals surface area (Å²) in [6, 6.07) is 0. The van der Waals surface area contributed by atoms with Crippen molar-refractivity contribution in [1.29, 1.82) is 0 Å². The number of aliphatic hydroxyl groups excluding tert-OH is 3. The molecule has 11 nitrogen and oxygen atoms in total. The van der Waals surface area contributed by atoms with Gasteiger partial charge in [-0.2, -0.15) is 0 Å². The Kier molecular flexibility index (Phi) is 33.7. The molecule has 0 aromatic carbocycles. The maximum atomic E-state index is 12.7. The Bertz CT molecular complexity index is 1190. The van der Waals surface area contributed by atoms with E-state index in [-0.39, 0.29) is 19.4 Å². The van der Waals surface area contributed by atoms with Gasteiger partial charge in [-0.05, 0) is 77.0 Å². The van der Waals surface area contributed by atoms with E-state index in [2.05, 4.69) is 74.6 Å². The third kappa shape index (κ3) is 28.4. The highest BCUT2D eigenvalue weighted by molar-refractivity contribution is 5.73. The van der Waals surface area contributed by atoms with Crippen molar-refractivity contribution in [1.82, 2.24) is 0 Å². The van der Waals surface area contributed by atoms with Crippen molar-refractivity contribution >= 4 is 17.9 Å². The predicted molar refractivity (Wildman–Crippen MR) is 229 cm³/mol. The fourth-order valence-electron chi connectivity index (χ4n) is 6.27. The molecule has 0 amide bonds. The normalized spacial score (nSPS) is 20.6. The van der Waals surface area contributed by atoms with Gasteiger partial charge in [-0.15, -0.1) is 0 Å². The lowest BCUT2D eigenvalue weighted by Crippen LogP contribution is -2.60. The minimum atomic E-state index is -1.87. The second-order valence-electron chi connectivity index (χ2n) is 15.2. The number of carbonyl (C=O) groups is 3. The standard InChI is InChI=1S/C47H78O11/c1-3-5-7-9-11-13-15-17-18-19-20-21-22-24-25-27-29-31-33-35-40(48)55-37-39(38-56-47-44(52)42(50)43(51)45(58-47)46(53)54)57-41(49)36-34-32-30-28-26-23-16-14-12-10-8-6-4-2/h8,10-11,13-14,16-18,20-21,39,42-45,47,50-52H,3-7,9,12,15,19,22-38H2,1-2H3,(H,53,54)/b10-8-,13-11-,16-14-,18-17-,21-20-. The number of esters is 2. The first-order valence-corrected chi connectivity index (χ1v) is 22.3. The van der Waals surface area contributed by atoms with E-state index in [1.165, 1.54) is 25.7 Å². The van der Waals surface area contributed by atoms with Crippen molar-refractivity contribution in [2.24, 2.45) is 0 Å². The van der Waals surface area contributed by atoms with Gasteiger partial charge in [-0.25, -0.2) is 4.79 Å². The number of carboxylic acids is 1. The summed E-state index contributed by atoms with van der Waals surface area (Å²) in [5.41, 5.74) is 0. The molecule has 1 aliphatic rings. The van der Waals surface area contributed by atoms with Crippen molar-refractivity contribution in [3.63, 3.8) is 0 Å². The fourth-order valence-corrected chi connectivity index (χ4v) is 6.27. The topological polar surface area (TPSA) is 169 Å². The zero-order valence-corrected chi connectivity index (χ0v) is 35.8. The Morgan fingerprint density at radius 1 is 0.534 bits per heavy atom. The molecule has 6 atom stereocenters. The van der Waals surface area contributed by atoms with Gasteiger partial charge >= 0.3 is 17.9 Å². The molecule has 58 heavy (non-hydrogen) atoms. The van der Waals surface area contributed by atoms with E-state index in [4.69, 9.17) is 18.9 Å². The van der Waals surface area contributed by atoms with Crippen molar-refractivity contribution in [3.05, 3.63) is 60.8 Å². The van der Waals surface area contributed by atoms with E-state index in [1.807, 2.05) is 0 Å². The highest BCUT2D eigenvalue weighted by atomic mass is 16.7. The highest BCUT2D eigenvalue weighted by Gasteiger charge is 2.47. The lowest BCUT2D eigenvalue weighted by Gasteiger charge is -2.38. The number of ether oxygens (including phenoxy) is 4. The second kappa shape index (κ2) is 36.9. The van der Waals surface area contributed by atoms with E-state index >= 15 is 0 Å². The molecular formula is C47H78O11. The van der Waals surface area contributed by atoms with Crippen LogP contribution in [0, 0.1) is 0 Å². The minimum absolute atomic E-state index is 0.161. The van der Waals surface area contributed by atoms with Crippen molar-refractivity contribution in [3.8, 4) is 0 Å². The maximum absolute atomic E-state index is 12.7. The van der Waals surface area contributed by atoms with E-state index in [0.717, 1.165) is 103 Å². The lowest BCUT2D eigenvalue weighted by molar-refractivity contribution is -0.298. The van der Waals surface area contributed by atoms with E-state index in [9.17, 15) is 34.8 Å². The molecule has 0 radical (unpaired) electrons. The minimum Gasteiger partial charge on any atom is -0.479 e. The molecule has 1 saturated heterocycles. The molecule has 0 saturated carbocycles. The summed E-state index contributed by atoms with van der Waals surface area (Å²) in [6.45, 7) is 3.68. The number of hydrogen-bond donors (Lipinski definition) is 4. The van der Waals surface area contributed by atoms with E-state index in [1.54, 1.807) is 0 Å². The van der Waals surface area contributed by atoms with Gasteiger partial charge in [0.2, 0.25) is 0 Å². The van der Waals surface area contributed by atoms with Crippen LogP contribution in [0.2, 0.25) is 0 Å². The summed E-state index contributed by atoms with van der Waals surface area (Å²) in [5.74, 6) is -2.49. The van der Waals surface area contributed by atoms with Crippen LogP contribution >= 0.6 is 0 Å². The quantitative estimate of drug-likeness (QED) is 0.0270. The summed E-state index contributed by atoms with van der Waals surface area (Å²) >= 11 is 0. The van der Waals surface area contributed by atoms with Crippen LogP contribution in [0.4, 0.5) is 0 Å².